The largest absolute Gasteiger partial charge is 0.376 e. The van der Waals surface area contributed by atoms with Crippen LogP contribution in [0, 0.1) is 5.41 Å². The quantitative estimate of drug-likeness (QED) is 0.444. The second-order valence-corrected chi connectivity index (χ2v) is 7.67. The van der Waals surface area contributed by atoms with Crippen molar-refractivity contribution in [2.75, 3.05) is 13.1 Å². The molecule has 3 heteroatoms. The molecular weight excluding hydrogens is 313 g/mol. The van der Waals surface area contributed by atoms with Gasteiger partial charge >= 0.3 is 0 Å². The number of nitrogens with zero attached hydrogens (tertiary/aromatic N) is 1. The van der Waals surface area contributed by atoms with E-state index in [0.29, 0.717) is 21.7 Å². The molecule has 1 saturated heterocycles. The molecule has 0 amide bonds. The fraction of sp³-hybridized carbons (Fsp3) is 1.00. The lowest BCUT2D eigenvalue weighted by molar-refractivity contribution is -0.0838. The minimum absolute atomic E-state index is 0.395. The molecule has 0 N–H and O–H groups in total. The lowest BCUT2D eigenvalue weighted by Gasteiger charge is -2.54. The van der Waals surface area contributed by atoms with Crippen molar-refractivity contribution in [2.45, 2.75) is 62.7 Å². The molecule has 2 aliphatic rings. The van der Waals surface area contributed by atoms with Crippen LogP contribution in [0.25, 0.3) is 0 Å². The number of halogens is 1. The molecule has 94 valence electrons. The third-order valence-corrected chi connectivity index (χ3v) is 4.83. The third-order valence-electron chi connectivity index (χ3n) is 4.04. The molecule has 1 spiro atoms. The van der Waals surface area contributed by atoms with Crippen molar-refractivity contribution in [2.24, 2.45) is 5.41 Å². The van der Waals surface area contributed by atoms with Crippen molar-refractivity contribution >= 4 is 22.6 Å². The molecule has 1 aliphatic heterocycles. The fourth-order valence-electron chi connectivity index (χ4n) is 3.11. The van der Waals surface area contributed by atoms with Crippen molar-refractivity contribution in [1.29, 1.82) is 0 Å². The summed E-state index contributed by atoms with van der Waals surface area (Å²) in [7, 11) is 0. The van der Waals surface area contributed by atoms with Gasteiger partial charge in [0.1, 0.15) is 0 Å². The Labute approximate surface area is 113 Å². The number of ether oxygens (including phenoxy) is 1. The summed E-state index contributed by atoms with van der Waals surface area (Å²) < 4.78 is 6.61. The highest BCUT2D eigenvalue weighted by Gasteiger charge is 2.46. The maximum atomic E-state index is 5.91. The van der Waals surface area contributed by atoms with E-state index in [1.807, 2.05) is 0 Å². The molecule has 0 aromatic rings. The van der Waals surface area contributed by atoms with Gasteiger partial charge in [0.2, 0.25) is 0 Å². The predicted octanol–water partition coefficient (Wildman–Crippen LogP) is 3.44. The van der Waals surface area contributed by atoms with Gasteiger partial charge < -0.3 is 4.74 Å². The van der Waals surface area contributed by atoms with E-state index in [0.717, 1.165) is 0 Å². The first-order valence-corrected chi connectivity index (χ1v) is 7.79. The Morgan fingerprint density at radius 3 is 2.19 bits per heavy atom. The highest BCUT2D eigenvalue weighted by atomic mass is 127. The zero-order chi connectivity index (χ0) is 11.8. The predicted molar refractivity (Wildman–Crippen MR) is 76.0 cm³/mol. The summed E-state index contributed by atoms with van der Waals surface area (Å²) in [6.07, 6.45) is 6.25. The standard InChI is InChI=1S/C13H24INO/c1-10(2)16-12-4-6-13(7-5-12)8-15(9-13)11(3)14/h10-12H,4-9H2,1-3H3. The van der Waals surface area contributed by atoms with Gasteiger partial charge in [0.15, 0.2) is 0 Å². The molecule has 1 atom stereocenters. The molecular formula is C13H24INO. The van der Waals surface area contributed by atoms with Gasteiger partial charge in [-0.25, -0.2) is 0 Å². The van der Waals surface area contributed by atoms with E-state index < -0.39 is 0 Å². The van der Waals surface area contributed by atoms with Crippen molar-refractivity contribution < 1.29 is 4.74 Å². The summed E-state index contributed by atoms with van der Waals surface area (Å²) in [5.74, 6) is 0. The molecule has 1 saturated carbocycles. The zero-order valence-corrected chi connectivity index (χ0v) is 12.9. The normalized spacial score (nSPS) is 28.3. The van der Waals surface area contributed by atoms with Crippen LogP contribution in [0.1, 0.15) is 46.5 Å². The lowest BCUT2D eigenvalue weighted by atomic mass is 9.68. The number of likely N-dealkylation sites (tertiary alicyclic amines) is 1. The van der Waals surface area contributed by atoms with E-state index in [1.54, 1.807) is 0 Å². The lowest BCUT2D eigenvalue weighted by Crippen LogP contribution is -2.59. The number of hydrogen-bond donors (Lipinski definition) is 0. The van der Waals surface area contributed by atoms with E-state index in [9.17, 15) is 0 Å². The summed E-state index contributed by atoms with van der Waals surface area (Å²) in [6.45, 7) is 9.23. The molecule has 1 unspecified atom stereocenters. The highest BCUT2D eigenvalue weighted by Crippen LogP contribution is 2.45. The van der Waals surface area contributed by atoms with Gasteiger partial charge in [-0.15, -0.1) is 0 Å². The van der Waals surface area contributed by atoms with E-state index in [-0.39, 0.29) is 0 Å². The van der Waals surface area contributed by atoms with Crippen LogP contribution in [0.5, 0.6) is 0 Å². The Bertz CT molecular complexity index is 226. The smallest absolute Gasteiger partial charge is 0.0590 e. The van der Waals surface area contributed by atoms with E-state index in [1.165, 1.54) is 38.8 Å². The molecule has 0 bridgehead atoms. The van der Waals surface area contributed by atoms with Crippen LogP contribution in [-0.2, 0) is 4.74 Å². The van der Waals surface area contributed by atoms with Gasteiger partial charge in [-0.1, -0.05) is 22.6 Å². The topological polar surface area (TPSA) is 12.5 Å². The Kier molecular flexibility index (Phi) is 4.18. The average Bonchev–Trinajstić information content (AvgIpc) is 2.14. The van der Waals surface area contributed by atoms with Gasteiger partial charge in [0, 0.05) is 13.1 Å². The summed E-state index contributed by atoms with van der Waals surface area (Å²) in [5.41, 5.74) is 0.663. The van der Waals surface area contributed by atoms with Gasteiger partial charge in [0.25, 0.3) is 0 Å². The molecule has 0 aromatic carbocycles. The average molecular weight is 337 g/mol. The van der Waals surface area contributed by atoms with E-state index >= 15 is 0 Å². The molecule has 1 aliphatic carbocycles. The highest BCUT2D eigenvalue weighted by molar-refractivity contribution is 14.1. The van der Waals surface area contributed by atoms with Crippen molar-refractivity contribution in [3.8, 4) is 0 Å². The molecule has 0 radical (unpaired) electrons. The van der Waals surface area contributed by atoms with Crippen molar-refractivity contribution in [1.82, 2.24) is 4.90 Å². The molecule has 2 rings (SSSR count). The molecule has 2 fully saturated rings. The summed E-state index contributed by atoms with van der Waals surface area (Å²) in [6, 6.07) is 0. The SMILES string of the molecule is CC(C)OC1CCC2(CC1)CN(C(C)I)C2. The van der Waals surface area contributed by atoms with Crippen molar-refractivity contribution in [3.05, 3.63) is 0 Å². The maximum absolute atomic E-state index is 5.91. The van der Waals surface area contributed by atoms with Gasteiger partial charge in [-0.2, -0.15) is 0 Å². The molecule has 16 heavy (non-hydrogen) atoms. The van der Waals surface area contributed by atoms with Crippen LogP contribution >= 0.6 is 22.6 Å². The third kappa shape index (κ3) is 2.91. The second-order valence-electron chi connectivity index (χ2n) is 5.86. The molecule has 1 heterocycles. The van der Waals surface area contributed by atoms with Gasteiger partial charge in [-0.3, -0.25) is 4.90 Å². The van der Waals surface area contributed by atoms with Crippen LogP contribution in [-0.4, -0.2) is 34.2 Å². The van der Waals surface area contributed by atoms with Crippen LogP contribution in [0.3, 0.4) is 0 Å². The van der Waals surface area contributed by atoms with E-state index in [2.05, 4.69) is 48.3 Å². The van der Waals surface area contributed by atoms with Crippen LogP contribution in [0.4, 0.5) is 0 Å². The van der Waals surface area contributed by atoms with Gasteiger partial charge in [0.05, 0.1) is 16.3 Å². The minimum atomic E-state index is 0.395. The zero-order valence-electron chi connectivity index (χ0n) is 10.7. The molecule has 2 nitrogen and oxygen atoms in total. The number of rotatable bonds is 3. The second kappa shape index (κ2) is 5.11. The monoisotopic (exact) mass is 337 g/mol. The van der Waals surface area contributed by atoms with Crippen LogP contribution in [0.2, 0.25) is 0 Å². The van der Waals surface area contributed by atoms with Crippen LogP contribution < -0.4 is 0 Å². The number of hydrogen-bond acceptors (Lipinski definition) is 2. The van der Waals surface area contributed by atoms with E-state index in [4.69, 9.17) is 4.74 Å². The van der Waals surface area contributed by atoms with Crippen LogP contribution in [0.15, 0.2) is 0 Å². The first-order chi connectivity index (χ1) is 7.51. The summed E-state index contributed by atoms with van der Waals surface area (Å²) >= 11 is 2.52. The van der Waals surface area contributed by atoms with Gasteiger partial charge in [-0.05, 0) is 51.9 Å². The van der Waals surface area contributed by atoms with Crippen molar-refractivity contribution in [3.63, 3.8) is 0 Å². The first kappa shape index (κ1) is 13.1. The number of alkyl halides is 1. The minimum Gasteiger partial charge on any atom is -0.376 e. The maximum Gasteiger partial charge on any atom is 0.0590 e. The molecule has 0 aromatic heterocycles. The Morgan fingerprint density at radius 1 is 1.19 bits per heavy atom. The summed E-state index contributed by atoms with van der Waals surface area (Å²) in [5, 5.41) is 0. The Morgan fingerprint density at radius 2 is 1.75 bits per heavy atom. The Balaban J connectivity index is 1.74. The summed E-state index contributed by atoms with van der Waals surface area (Å²) in [4.78, 5) is 2.59. The first-order valence-electron chi connectivity index (χ1n) is 6.54. The fourth-order valence-corrected chi connectivity index (χ4v) is 3.50. The Hall–Kier alpha value is 0.650.